The molecule has 140 valence electrons. The Bertz CT molecular complexity index is 719. The van der Waals surface area contributed by atoms with Gasteiger partial charge in [-0.15, -0.1) is 0 Å². The van der Waals surface area contributed by atoms with Gasteiger partial charge in [0.1, 0.15) is 11.6 Å². The van der Waals surface area contributed by atoms with Crippen molar-refractivity contribution in [3.63, 3.8) is 0 Å². The minimum atomic E-state index is -0.792. The first-order valence-corrected chi connectivity index (χ1v) is 8.65. The average Bonchev–Trinajstić information content (AvgIpc) is 3.25. The number of ether oxygens (including phenoxy) is 1. The van der Waals surface area contributed by atoms with Crippen LogP contribution in [-0.2, 0) is 19.1 Å². The van der Waals surface area contributed by atoms with Crippen molar-refractivity contribution < 1.29 is 27.9 Å². The number of hydrogen-bond donors (Lipinski definition) is 1. The van der Waals surface area contributed by atoms with Crippen molar-refractivity contribution in [1.82, 2.24) is 4.90 Å². The van der Waals surface area contributed by atoms with E-state index in [4.69, 9.17) is 4.74 Å². The maximum Gasteiger partial charge on any atom is 0.311 e. The standard InChI is InChI=1S/C18H20F2N2O4/c19-12-5-6-14(20)15(8-12)21-16(23)10-26-18(25)11-7-17(24)22(9-11)13-3-1-2-4-13/h5-6,8,11,13H,1-4,7,9-10H2,(H,21,23)/t11-/m1/s1. The Kier molecular flexibility index (Phi) is 5.49. The number of esters is 1. The molecule has 0 bridgehead atoms. The monoisotopic (exact) mass is 366 g/mol. The fraction of sp³-hybridized carbons (Fsp3) is 0.500. The molecule has 2 amide bonds. The summed E-state index contributed by atoms with van der Waals surface area (Å²) in [6.07, 6.45) is 4.15. The van der Waals surface area contributed by atoms with Gasteiger partial charge in [-0.05, 0) is 25.0 Å². The summed E-state index contributed by atoms with van der Waals surface area (Å²) in [5.74, 6) is -3.56. The van der Waals surface area contributed by atoms with Crippen LogP contribution in [0.1, 0.15) is 32.1 Å². The van der Waals surface area contributed by atoms with Gasteiger partial charge in [0.25, 0.3) is 5.91 Å². The van der Waals surface area contributed by atoms with Gasteiger partial charge < -0.3 is 15.0 Å². The van der Waals surface area contributed by atoms with Crippen LogP contribution in [-0.4, -0.2) is 41.9 Å². The lowest BCUT2D eigenvalue weighted by atomic mass is 10.1. The molecule has 1 aliphatic heterocycles. The van der Waals surface area contributed by atoms with Crippen LogP contribution in [0.3, 0.4) is 0 Å². The molecular formula is C18H20F2N2O4. The number of nitrogens with one attached hydrogen (secondary N) is 1. The minimum absolute atomic E-state index is 0.0647. The van der Waals surface area contributed by atoms with E-state index in [9.17, 15) is 23.2 Å². The van der Waals surface area contributed by atoms with Crippen LogP contribution in [0, 0.1) is 17.6 Å². The van der Waals surface area contributed by atoms with Crippen molar-refractivity contribution in [2.24, 2.45) is 5.92 Å². The molecule has 1 heterocycles. The average molecular weight is 366 g/mol. The molecule has 2 fully saturated rings. The maximum absolute atomic E-state index is 13.5. The van der Waals surface area contributed by atoms with Crippen LogP contribution < -0.4 is 5.32 Å². The van der Waals surface area contributed by atoms with Gasteiger partial charge in [-0.2, -0.15) is 0 Å². The third-order valence-electron chi connectivity index (χ3n) is 4.81. The van der Waals surface area contributed by atoms with Crippen molar-refractivity contribution in [2.75, 3.05) is 18.5 Å². The first kappa shape index (κ1) is 18.3. The third kappa shape index (κ3) is 4.17. The van der Waals surface area contributed by atoms with Crippen molar-refractivity contribution >= 4 is 23.5 Å². The normalized spacial score (nSPS) is 20.5. The van der Waals surface area contributed by atoms with E-state index in [0.29, 0.717) is 6.54 Å². The first-order chi connectivity index (χ1) is 12.4. The number of anilines is 1. The fourth-order valence-corrected chi connectivity index (χ4v) is 3.49. The highest BCUT2D eigenvalue weighted by molar-refractivity contribution is 5.93. The van der Waals surface area contributed by atoms with Gasteiger partial charge in [0.2, 0.25) is 5.91 Å². The number of benzene rings is 1. The molecule has 1 aliphatic carbocycles. The van der Waals surface area contributed by atoms with E-state index in [-0.39, 0.29) is 24.1 Å². The number of likely N-dealkylation sites (tertiary alicyclic amines) is 1. The largest absolute Gasteiger partial charge is 0.455 e. The van der Waals surface area contributed by atoms with Crippen molar-refractivity contribution in [1.29, 1.82) is 0 Å². The quantitative estimate of drug-likeness (QED) is 0.811. The Labute approximate surface area is 149 Å². The molecule has 6 nitrogen and oxygen atoms in total. The van der Waals surface area contributed by atoms with Gasteiger partial charge in [0, 0.05) is 25.1 Å². The Balaban J connectivity index is 1.48. The number of nitrogens with zero attached hydrogens (tertiary/aromatic N) is 1. The van der Waals surface area contributed by atoms with Crippen LogP contribution >= 0.6 is 0 Å². The number of rotatable bonds is 5. The van der Waals surface area contributed by atoms with E-state index in [2.05, 4.69) is 5.32 Å². The zero-order valence-corrected chi connectivity index (χ0v) is 14.2. The third-order valence-corrected chi connectivity index (χ3v) is 4.81. The molecule has 1 aromatic carbocycles. The Hall–Kier alpha value is -2.51. The molecule has 1 aromatic rings. The SMILES string of the molecule is O=C(COC(=O)[C@@H]1CC(=O)N(C2CCCC2)C1)Nc1cc(F)ccc1F. The highest BCUT2D eigenvalue weighted by atomic mass is 19.1. The van der Waals surface area contributed by atoms with E-state index >= 15 is 0 Å². The van der Waals surface area contributed by atoms with E-state index in [0.717, 1.165) is 43.9 Å². The molecule has 0 spiro atoms. The molecule has 1 N–H and O–H groups in total. The van der Waals surface area contributed by atoms with E-state index < -0.39 is 36.0 Å². The molecule has 0 radical (unpaired) electrons. The summed E-state index contributed by atoms with van der Waals surface area (Å²) in [7, 11) is 0. The maximum atomic E-state index is 13.5. The second-order valence-corrected chi connectivity index (χ2v) is 6.67. The van der Waals surface area contributed by atoms with E-state index in [1.165, 1.54) is 0 Å². The molecule has 1 saturated carbocycles. The first-order valence-electron chi connectivity index (χ1n) is 8.65. The molecule has 3 rings (SSSR count). The van der Waals surface area contributed by atoms with Crippen LogP contribution in [0.25, 0.3) is 0 Å². The Morgan fingerprint density at radius 1 is 1.23 bits per heavy atom. The lowest BCUT2D eigenvalue weighted by Crippen LogP contribution is -2.35. The van der Waals surface area contributed by atoms with Gasteiger partial charge in [-0.3, -0.25) is 14.4 Å². The highest BCUT2D eigenvalue weighted by Gasteiger charge is 2.39. The number of halogens is 2. The van der Waals surface area contributed by atoms with Crippen LogP contribution in [0.5, 0.6) is 0 Å². The molecule has 26 heavy (non-hydrogen) atoms. The summed E-state index contributed by atoms with van der Waals surface area (Å²) >= 11 is 0. The Morgan fingerprint density at radius 3 is 2.69 bits per heavy atom. The van der Waals surface area contributed by atoms with Gasteiger partial charge >= 0.3 is 5.97 Å². The number of carbonyl (C=O) groups is 3. The van der Waals surface area contributed by atoms with Crippen molar-refractivity contribution in [3.05, 3.63) is 29.8 Å². The minimum Gasteiger partial charge on any atom is -0.455 e. The molecule has 8 heteroatoms. The predicted octanol–water partition coefficient (Wildman–Crippen LogP) is 2.24. The van der Waals surface area contributed by atoms with Crippen molar-refractivity contribution in [3.8, 4) is 0 Å². The summed E-state index contributed by atoms with van der Waals surface area (Å²) in [6.45, 7) is -0.314. The van der Waals surface area contributed by atoms with E-state index in [1.807, 2.05) is 0 Å². The zero-order valence-electron chi connectivity index (χ0n) is 14.2. The molecule has 0 aromatic heterocycles. The second kappa shape index (κ2) is 7.80. The molecular weight excluding hydrogens is 346 g/mol. The van der Waals surface area contributed by atoms with Gasteiger partial charge in [0.15, 0.2) is 6.61 Å². The van der Waals surface area contributed by atoms with Crippen LogP contribution in [0.2, 0.25) is 0 Å². The molecule has 0 unspecified atom stereocenters. The number of amides is 2. The Morgan fingerprint density at radius 2 is 1.96 bits per heavy atom. The van der Waals surface area contributed by atoms with Crippen LogP contribution in [0.4, 0.5) is 14.5 Å². The smallest absolute Gasteiger partial charge is 0.311 e. The molecule has 1 saturated heterocycles. The topological polar surface area (TPSA) is 75.7 Å². The predicted molar refractivity (Wildman–Crippen MR) is 88.0 cm³/mol. The van der Waals surface area contributed by atoms with Gasteiger partial charge in [-0.1, -0.05) is 12.8 Å². The van der Waals surface area contributed by atoms with Crippen molar-refractivity contribution in [2.45, 2.75) is 38.1 Å². The second-order valence-electron chi connectivity index (χ2n) is 6.67. The zero-order chi connectivity index (χ0) is 18.7. The molecule has 2 aliphatic rings. The lowest BCUT2D eigenvalue weighted by molar-refractivity contribution is -0.151. The van der Waals surface area contributed by atoms with Gasteiger partial charge in [0.05, 0.1) is 11.6 Å². The summed E-state index contributed by atoms with van der Waals surface area (Å²) in [4.78, 5) is 37.7. The molecule has 1 atom stereocenters. The van der Waals surface area contributed by atoms with E-state index in [1.54, 1.807) is 4.90 Å². The van der Waals surface area contributed by atoms with Crippen LogP contribution in [0.15, 0.2) is 18.2 Å². The lowest BCUT2D eigenvalue weighted by Gasteiger charge is -2.23. The summed E-state index contributed by atoms with van der Waals surface area (Å²) < 4.78 is 31.5. The number of hydrogen-bond acceptors (Lipinski definition) is 4. The summed E-state index contributed by atoms with van der Waals surface area (Å²) in [5, 5.41) is 2.15. The number of carbonyl (C=O) groups excluding carboxylic acids is 3. The fourth-order valence-electron chi connectivity index (χ4n) is 3.49. The highest BCUT2D eigenvalue weighted by Crippen LogP contribution is 2.29. The van der Waals surface area contributed by atoms with Gasteiger partial charge in [-0.25, -0.2) is 8.78 Å². The summed E-state index contributed by atoms with van der Waals surface area (Å²) in [6, 6.07) is 2.85. The summed E-state index contributed by atoms with van der Waals surface area (Å²) in [5.41, 5.74) is -0.325.